The summed E-state index contributed by atoms with van der Waals surface area (Å²) >= 11 is 0. The molecule has 0 unspecified atom stereocenters. The molecule has 3 nitrogen and oxygen atoms in total. The van der Waals surface area contributed by atoms with E-state index in [0.29, 0.717) is 5.92 Å². The summed E-state index contributed by atoms with van der Waals surface area (Å²) in [5.74, 6) is 0.802. The van der Waals surface area contributed by atoms with E-state index in [9.17, 15) is 4.79 Å². The van der Waals surface area contributed by atoms with Crippen molar-refractivity contribution in [3.63, 3.8) is 0 Å². The Balaban J connectivity index is 2.07. The van der Waals surface area contributed by atoms with Crippen LogP contribution in [-0.4, -0.2) is 29.9 Å². The highest BCUT2D eigenvalue weighted by molar-refractivity contribution is 5.96. The molecule has 1 amide bonds. The van der Waals surface area contributed by atoms with Gasteiger partial charge in [-0.1, -0.05) is 24.6 Å². The van der Waals surface area contributed by atoms with Crippen LogP contribution in [0.2, 0.25) is 0 Å². The van der Waals surface area contributed by atoms with Crippen molar-refractivity contribution in [1.29, 1.82) is 0 Å². The first kappa shape index (κ1) is 16.0. The van der Waals surface area contributed by atoms with Crippen molar-refractivity contribution in [2.45, 2.75) is 53.5 Å². The van der Waals surface area contributed by atoms with Crippen molar-refractivity contribution in [2.75, 3.05) is 18.4 Å². The molecule has 3 heteroatoms. The summed E-state index contributed by atoms with van der Waals surface area (Å²) in [5, 5.41) is 3.14. The summed E-state index contributed by atoms with van der Waals surface area (Å²) in [7, 11) is 0. The Morgan fingerprint density at radius 2 is 1.90 bits per heavy atom. The first-order valence-corrected chi connectivity index (χ1v) is 8.01. The second-order valence-electron chi connectivity index (χ2n) is 6.68. The lowest BCUT2D eigenvalue weighted by atomic mass is 9.98. The molecule has 0 bridgehead atoms. The fourth-order valence-corrected chi connectivity index (χ4v) is 3.35. The molecule has 1 fully saturated rings. The minimum Gasteiger partial charge on any atom is -0.324 e. The zero-order valence-corrected chi connectivity index (χ0v) is 14.0. The Morgan fingerprint density at radius 1 is 1.29 bits per heavy atom. The molecule has 1 heterocycles. The lowest BCUT2D eigenvalue weighted by Gasteiger charge is -2.34. The van der Waals surface area contributed by atoms with E-state index in [1.807, 2.05) is 6.92 Å². The van der Waals surface area contributed by atoms with Gasteiger partial charge in [-0.3, -0.25) is 9.69 Å². The van der Waals surface area contributed by atoms with Crippen LogP contribution in [0.4, 0.5) is 5.69 Å². The number of carbonyl (C=O) groups excluding carboxylic acids is 1. The van der Waals surface area contributed by atoms with Gasteiger partial charge in [0.15, 0.2) is 0 Å². The van der Waals surface area contributed by atoms with Crippen molar-refractivity contribution in [3.05, 3.63) is 28.8 Å². The average Bonchev–Trinajstić information content (AvgIpc) is 2.41. The van der Waals surface area contributed by atoms with Gasteiger partial charge in [0.25, 0.3) is 0 Å². The number of anilines is 1. The maximum atomic E-state index is 12.6. The van der Waals surface area contributed by atoms with E-state index in [1.54, 1.807) is 0 Å². The number of nitrogens with one attached hydrogen (secondary N) is 1. The molecule has 1 aromatic rings. The molecule has 0 spiro atoms. The van der Waals surface area contributed by atoms with Crippen LogP contribution in [0, 0.1) is 26.7 Å². The molecule has 0 radical (unpaired) electrons. The van der Waals surface area contributed by atoms with E-state index in [4.69, 9.17) is 0 Å². The van der Waals surface area contributed by atoms with E-state index in [1.165, 1.54) is 18.4 Å². The number of nitrogens with zero attached hydrogens (tertiary/aromatic N) is 1. The quantitative estimate of drug-likeness (QED) is 0.920. The highest BCUT2D eigenvalue weighted by Gasteiger charge is 2.26. The van der Waals surface area contributed by atoms with Crippen LogP contribution in [0.3, 0.4) is 0 Å². The lowest BCUT2D eigenvalue weighted by molar-refractivity contribution is -0.121. The van der Waals surface area contributed by atoms with Gasteiger partial charge in [-0.05, 0) is 64.1 Å². The Morgan fingerprint density at radius 3 is 2.48 bits per heavy atom. The maximum Gasteiger partial charge on any atom is 0.241 e. The number of aryl methyl sites for hydroxylation is 3. The molecule has 0 aliphatic carbocycles. The average molecular weight is 288 g/mol. The fraction of sp³-hybridized carbons (Fsp3) is 0.611. The number of amides is 1. The molecule has 2 atom stereocenters. The van der Waals surface area contributed by atoms with Gasteiger partial charge in [0.1, 0.15) is 0 Å². The minimum atomic E-state index is -0.0622. The minimum absolute atomic E-state index is 0.0622. The third-order valence-corrected chi connectivity index (χ3v) is 4.54. The van der Waals surface area contributed by atoms with Crippen LogP contribution in [0.15, 0.2) is 12.1 Å². The summed E-state index contributed by atoms with van der Waals surface area (Å²) in [5.41, 5.74) is 4.49. The van der Waals surface area contributed by atoms with E-state index >= 15 is 0 Å². The molecule has 1 aromatic carbocycles. The third kappa shape index (κ3) is 3.85. The standard InChI is InChI=1S/C18H28N2O/c1-12-7-6-8-20(11-12)16(5)18(21)19-17-14(3)9-13(2)10-15(17)4/h9-10,12,16H,6-8,11H2,1-5H3,(H,19,21)/t12-,16+/m0/s1. The van der Waals surface area contributed by atoms with E-state index in [-0.39, 0.29) is 11.9 Å². The van der Waals surface area contributed by atoms with E-state index in [0.717, 1.165) is 29.9 Å². The Hall–Kier alpha value is -1.35. The predicted octanol–water partition coefficient (Wildman–Crippen LogP) is 3.67. The molecular weight excluding hydrogens is 260 g/mol. The lowest BCUT2D eigenvalue weighted by Crippen LogP contribution is -2.46. The van der Waals surface area contributed by atoms with Crippen LogP contribution in [0.25, 0.3) is 0 Å². The van der Waals surface area contributed by atoms with Gasteiger partial charge in [0, 0.05) is 12.2 Å². The molecule has 116 valence electrons. The van der Waals surface area contributed by atoms with Crippen LogP contribution in [0.1, 0.15) is 43.4 Å². The number of benzene rings is 1. The van der Waals surface area contributed by atoms with E-state index in [2.05, 4.69) is 50.0 Å². The van der Waals surface area contributed by atoms with Gasteiger partial charge in [0.05, 0.1) is 6.04 Å². The molecule has 0 saturated carbocycles. The zero-order valence-electron chi connectivity index (χ0n) is 14.0. The first-order valence-electron chi connectivity index (χ1n) is 8.01. The first-order chi connectivity index (χ1) is 9.88. The van der Waals surface area contributed by atoms with Crippen molar-refractivity contribution >= 4 is 11.6 Å². The molecule has 1 aliphatic rings. The summed E-state index contributed by atoms with van der Waals surface area (Å²) in [6.45, 7) is 12.6. The molecular formula is C18H28N2O. The smallest absolute Gasteiger partial charge is 0.241 e. The monoisotopic (exact) mass is 288 g/mol. The predicted molar refractivity (Wildman–Crippen MR) is 88.7 cm³/mol. The Kier molecular flexibility index (Phi) is 5.04. The van der Waals surface area contributed by atoms with Crippen LogP contribution in [0.5, 0.6) is 0 Å². The second-order valence-corrected chi connectivity index (χ2v) is 6.68. The number of likely N-dealkylation sites (tertiary alicyclic amines) is 1. The Bertz CT molecular complexity index is 501. The SMILES string of the molecule is Cc1cc(C)c(NC(=O)[C@@H](C)N2CCC[C@H](C)C2)c(C)c1. The summed E-state index contributed by atoms with van der Waals surface area (Å²) in [6, 6.07) is 4.18. The summed E-state index contributed by atoms with van der Waals surface area (Å²) in [4.78, 5) is 14.9. The zero-order chi connectivity index (χ0) is 15.6. The van der Waals surface area contributed by atoms with E-state index < -0.39 is 0 Å². The normalized spacial score (nSPS) is 21.1. The van der Waals surface area contributed by atoms with Crippen LogP contribution in [-0.2, 0) is 4.79 Å². The summed E-state index contributed by atoms with van der Waals surface area (Å²) < 4.78 is 0. The molecule has 1 N–H and O–H groups in total. The van der Waals surface area contributed by atoms with Crippen molar-refractivity contribution in [1.82, 2.24) is 4.90 Å². The van der Waals surface area contributed by atoms with Crippen LogP contribution >= 0.6 is 0 Å². The van der Waals surface area contributed by atoms with Gasteiger partial charge in [-0.15, -0.1) is 0 Å². The molecule has 2 rings (SSSR count). The second kappa shape index (κ2) is 6.61. The van der Waals surface area contributed by atoms with Crippen molar-refractivity contribution in [2.24, 2.45) is 5.92 Å². The highest BCUT2D eigenvalue weighted by Crippen LogP contribution is 2.23. The third-order valence-electron chi connectivity index (χ3n) is 4.54. The number of piperidine rings is 1. The highest BCUT2D eigenvalue weighted by atomic mass is 16.2. The van der Waals surface area contributed by atoms with Crippen molar-refractivity contribution in [3.8, 4) is 0 Å². The fourth-order valence-electron chi connectivity index (χ4n) is 3.35. The van der Waals surface area contributed by atoms with Gasteiger partial charge in [-0.25, -0.2) is 0 Å². The topological polar surface area (TPSA) is 32.3 Å². The van der Waals surface area contributed by atoms with Crippen molar-refractivity contribution < 1.29 is 4.79 Å². The molecule has 1 saturated heterocycles. The van der Waals surface area contributed by atoms with Gasteiger partial charge in [-0.2, -0.15) is 0 Å². The molecule has 21 heavy (non-hydrogen) atoms. The maximum absolute atomic E-state index is 12.6. The largest absolute Gasteiger partial charge is 0.324 e. The number of hydrogen-bond acceptors (Lipinski definition) is 2. The van der Waals surface area contributed by atoms with Gasteiger partial charge < -0.3 is 5.32 Å². The molecule has 0 aromatic heterocycles. The van der Waals surface area contributed by atoms with Gasteiger partial charge in [0.2, 0.25) is 5.91 Å². The number of rotatable bonds is 3. The van der Waals surface area contributed by atoms with Gasteiger partial charge >= 0.3 is 0 Å². The number of carbonyl (C=O) groups is 1. The number of hydrogen-bond donors (Lipinski definition) is 1. The molecule has 1 aliphatic heterocycles. The summed E-state index contributed by atoms with van der Waals surface area (Å²) in [6.07, 6.45) is 2.47. The van der Waals surface area contributed by atoms with Crippen LogP contribution < -0.4 is 5.32 Å². The Labute approximate surface area is 128 Å².